The number of halogens is 1. The lowest BCUT2D eigenvalue weighted by Gasteiger charge is -2.13. The summed E-state index contributed by atoms with van der Waals surface area (Å²) in [5, 5.41) is 16.2. The van der Waals surface area contributed by atoms with Gasteiger partial charge in [-0.1, -0.05) is 60.3 Å². The first-order valence-electron chi connectivity index (χ1n) is 10.6. The first kappa shape index (κ1) is 23.2. The van der Waals surface area contributed by atoms with Crippen LogP contribution >= 0.6 is 11.8 Å². The maximum absolute atomic E-state index is 13.0. The van der Waals surface area contributed by atoms with E-state index in [0.717, 1.165) is 17.2 Å². The number of carbonyl (C=O) groups is 1. The van der Waals surface area contributed by atoms with E-state index in [2.05, 4.69) is 26.0 Å². The number of nitrogens with zero attached hydrogens (tertiary/aromatic N) is 4. The van der Waals surface area contributed by atoms with E-state index in [4.69, 9.17) is 0 Å². The van der Waals surface area contributed by atoms with E-state index in [1.54, 1.807) is 19.1 Å². The van der Waals surface area contributed by atoms with E-state index >= 15 is 0 Å². The van der Waals surface area contributed by atoms with Gasteiger partial charge in [-0.15, -0.1) is 10.2 Å². The molecule has 4 rings (SSSR count). The zero-order valence-corrected chi connectivity index (χ0v) is 19.2. The normalized spacial score (nSPS) is 11.9. The average molecular weight is 475 g/mol. The molecule has 1 unspecified atom stereocenters. The second-order valence-corrected chi connectivity index (χ2v) is 8.64. The Labute approximate surface area is 201 Å². The highest BCUT2D eigenvalue weighted by Gasteiger charge is 2.21. The van der Waals surface area contributed by atoms with E-state index in [-0.39, 0.29) is 11.7 Å². The van der Waals surface area contributed by atoms with Crippen LogP contribution < -0.4 is 10.7 Å². The number of thioether (sulfide) groups is 1. The Hall–Kier alpha value is -3.98. The quantitative estimate of drug-likeness (QED) is 0.210. The SMILES string of the molecule is CC(Sc1nnc(CNc2ccccc2)n1-c1ccccc1)C(=O)N/N=C/c1ccc(F)cc1. The van der Waals surface area contributed by atoms with Gasteiger partial charge in [0.1, 0.15) is 5.82 Å². The van der Waals surface area contributed by atoms with E-state index in [1.807, 2.05) is 65.2 Å². The molecule has 172 valence electrons. The minimum absolute atomic E-state index is 0.282. The van der Waals surface area contributed by atoms with E-state index in [0.29, 0.717) is 17.3 Å². The zero-order valence-electron chi connectivity index (χ0n) is 18.4. The van der Waals surface area contributed by atoms with Crippen LogP contribution in [0.25, 0.3) is 5.69 Å². The largest absolute Gasteiger partial charge is 0.378 e. The molecular weight excluding hydrogens is 451 g/mol. The van der Waals surface area contributed by atoms with Crippen molar-refractivity contribution in [3.63, 3.8) is 0 Å². The van der Waals surface area contributed by atoms with Crippen LogP contribution in [0.4, 0.5) is 10.1 Å². The van der Waals surface area contributed by atoms with Crippen LogP contribution in [0.15, 0.2) is 95.2 Å². The summed E-state index contributed by atoms with van der Waals surface area (Å²) in [7, 11) is 0. The molecule has 1 heterocycles. The molecule has 9 heteroatoms. The summed E-state index contributed by atoms with van der Waals surface area (Å²) in [5.74, 6) is 0.112. The number of benzene rings is 3. The van der Waals surface area contributed by atoms with Gasteiger partial charge in [0, 0.05) is 11.4 Å². The van der Waals surface area contributed by atoms with Gasteiger partial charge < -0.3 is 5.32 Å². The summed E-state index contributed by atoms with van der Waals surface area (Å²) in [6, 6.07) is 25.5. The maximum Gasteiger partial charge on any atom is 0.253 e. The number of hydrazone groups is 1. The van der Waals surface area contributed by atoms with Gasteiger partial charge in [-0.2, -0.15) is 5.10 Å². The summed E-state index contributed by atoms with van der Waals surface area (Å²) in [4.78, 5) is 12.6. The molecule has 0 radical (unpaired) electrons. The number of aromatic nitrogens is 3. The second kappa shape index (κ2) is 11.2. The van der Waals surface area contributed by atoms with Crippen LogP contribution in [0.2, 0.25) is 0 Å². The predicted molar refractivity (Wildman–Crippen MR) is 133 cm³/mol. The van der Waals surface area contributed by atoms with Crippen molar-refractivity contribution in [2.45, 2.75) is 23.9 Å². The zero-order chi connectivity index (χ0) is 23.8. The second-order valence-electron chi connectivity index (χ2n) is 7.34. The standard InChI is InChI=1S/C25H23FN6OS/c1-18(24(33)30-28-16-19-12-14-20(26)15-13-19)34-25-31-29-23(17-27-21-8-4-2-5-9-21)32(25)22-10-6-3-7-11-22/h2-16,18,27H,17H2,1H3,(H,30,33)/b28-16+. The maximum atomic E-state index is 13.0. The van der Waals surface area contributed by atoms with Gasteiger partial charge in [0.15, 0.2) is 11.0 Å². The first-order chi connectivity index (χ1) is 16.6. The third kappa shape index (κ3) is 6.08. The number of rotatable bonds is 9. The molecule has 1 amide bonds. The molecule has 0 saturated heterocycles. The minimum Gasteiger partial charge on any atom is -0.378 e. The Kier molecular flexibility index (Phi) is 7.67. The van der Waals surface area contributed by atoms with Crippen LogP contribution in [0.1, 0.15) is 18.3 Å². The molecule has 0 fully saturated rings. The number of para-hydroxylation sites is 2. The van der Waals surface area contributed by atoms with Crippen molar-refractivity contribution in [3.05, 3.63) is 102 Å². The van der Waals surface area contributed by atoms with Gasteiger partial charge in [0.25, 0.3) is 5.91 Å². The number of nitrogens with one attached hydrogen (secondary N) is 2. The van der Waals surface area contributed by atoms with Gasteiger partial charge in [0.2, 0.25) is 0 Å². The lowest BCUT2D eigenvalue weighted by Crippen LogP contribution is -2.27. The highest BCUT2D eigenvalue weighted by atomic mass is 32.2. The lowest BCUT2D eigenvalue weighted by atomic mass is 10.2. The number of carbonyl (C=O) groups excluding carboxylic acids is 1. The lowest BCUT2D eigenvalue weighted by molar-refractivity contribution is -0.120. The molecule has 0 aliphatic rings. The summed E-state index contributed by atoms with van der Waals surface area (Å²) >= 11 is 1.29. The molecule has 3 aromatic carbocycles. The molecule has 0 saturated carbocycles. The Morgan fingerprint density at radius 1 is 1.03 bits per heavy atom. The van der Waals surface area contributed by atoms with Gasteiger partial charge in [0.05, 0.1) is 18.0 Å². The summed E-state index contributed by atoms with van der Waals surface area (Å²) in [5.41, 5.74) is 5.09. The smallest absolute Gasteiger partial charge is 0.253 e. The fourth-order valence-electron chi connectivity index (χ4n) is 3.09. The van der Waals surface area contributed by atoms with Crippen LogP contribution in [0, 0.1) is 5.82 Å². The summed E-state index contributed by atoms with van der Waals surface area (Å²) < 4.78 is 14.9. The molecule has 4 aromatic rings. The molecule has 0 aliphatic carbocycles. The molecule has 1 aromatic heterocycles. The van der Waals surface area contributed by atoms with Crippen molar-refractivity contribution < 1.29 is 9.18 Å². The molecule has 0 bridgehead atoms. The van der Waals surface area contributed by atoms with Crippen molar-refractivity contribution in [1.82, 2.24) is 20.2 Å². The topological polar surface area (TPSA) is 84.2 Å². The molecule has 34 heavy (non-hydrogen) atoms. The van der Waals surface area contributed by atoms with Crippen LogP contribution in [0.3, 0.4) is 0 Å². The summed E-state index contributed by atoms with van der Waals surface area (Å²) in [6.07, 6.45) is 1.47. The Morgan fingerprint density at radius 3 is 2.41 bits per heavy atom. The predicted octanol–water partition coefficient (Wildman–Crippen LogP) is 4.65. The van der Waals surface area contributed by atoms with E-state index in [1.165, 1.54) is 30.1 Å². The summed E-state index contributed by atoms with van der Waals surface area (Å²) in [6.45, 7) is 2.24. The Morgan fingerprint density at radius 2 is 1.71 bits per heavy atom. The first-order valence-corrected chi connectivity index (χ1v) is 11.5. The van der Waals surface area contributed by atoms with Crippen molar-refractivity contribution >= 4 is 29.6 Å². The number of amides is 1. The van der Waals surface area contributed by atoms with Gasteiger partial charge in [-0.05, 0) is 48.9 Å². The minimum atomic E-state index is -0.480. The Balaban J connectivity index is 1.46. The molecular formula is C25H23FN6OS. The highest BCUT2D eigenvalue weighted by molar-refractivity contribution is 8.00. The van der Waals surface area contributed by atoms with Crippen molar-refractivity contribution in [2.24, 2.45) is 5.10 Å². The van der Waals surface area contributed by atoms with Gasteiger partial charge in [-0.3, -0.25) is 9.36 Å². The molecule has 2 N–H and O–H groups in total. The fraction of sp³-hybridized carbons (Fsp3) is 0.120. The molecule has 0 spiro atoms. The third-order valence-electron chi connectivity index (χ3n) is 4.85. The molecule has 0 aliphatic heterocycles. The average Bonchev–Trinajstić information content (AvgIpc) is 3.27. The van der Waals surface area contributed by atoms with E-state index in [9.17, 15) is 9.18 Å². The van der Waals surface area contributed by atoms with Crippen molar-refractivity contribution in [3.8, 4) is 5.69 Å². The van der Waals surface area contributed by atoms with Crippen LogP contribution in [-0.2, 0) is 11.3 Å². The highest BCUT2D eigenvalue weighted by Crippen LogP contribution is 2.26. The van der Waals surface area contributed by atoms with Gasteiger partial charge >= 0.3 is 0 Å². The van der Waals surface area contributed by atoms with Crippen LogP contribution in [-0.4, -0.2) is 32.1 Å². The molecule has 1 atom stereocenters. The third-order valence-corrected chi connectivity index (χ3v) is 5.89. The van der Waals surface area contributed by atoms with Crippen molar-refractivity contribution in [1.29, 1.82) is 0 Å². The van der Waals surface area contributed by atoms with Gasteiger partial charge in [-0.25, -0.2) is 9.82 Å². The van der Waals surface area contributed by atoms with Crippen molar-refractivity contribution in [2.75, 3.05) is 5.32 Å². The fourth-order valence-corrected chi connectivity index (χ4v) is 3.97. The number of anilines is 1. The van der Waals surface area contributed by atoms with E-state index < -0.39 is 5.25 Å². The Bertz CT molecular complexity index is 1250. The monoisotopic (exact) mass is 474 g/mol. The number of hydrogen-bond acceptors (Lipinski definition) is 6. The van der Waals surface area contributed by atoms with Crippen LogP contribution in [0.5, 0.6) is 0 Å². The molecule has 7 nitrogen and oxygen atoms in total. The number of hydrogen-bond donors (Lipinski definition) is 2.